The van der Waals surface area contributed by atoms with Crippen LogP contribution < -0.4 is 5.32 Å². The Morgan fingerprint density at radius 3 is 2.76 bits per heavy atom. The minimum atomic E-state index is -3.53. The molecule has 6 nitrogen and oxygen atoms in total. The maximum atomic E-state index is 13.9. The summed E-state index contributed by atoms with van der Waals surface area (Å²) in [6.45, 7) is 0.969. The lowest BCUT2D eigenvalue weighted by Crippen LogP contribution is -2.43. The molecule has 0 aliphatic carbocycles. The minimum absolute atomic E-state index is 0.0956. The number of halogens is 2. The van der Waals surface area contributed by atoms with Gasteiger partial charge in [0.1, 0.15) is 24.1 Å². The Kier molecular flexibility index (Phi) is 4.40. The van der Waals surface area contributed by atoms with Crippen LogP contribution in [-0.2, 0) is 9.53 Å². The average Bonchev–Trinajstić information content (AvgIpc) is 2.55. The monoisotopic (exact) mass is 304 g/mol. The van der Waals surface area contributed by atoms with Crippen molar-refractivity contribution < 1.29 is 28.5 Å². The summed E-state index contributed by atoms with van der Waals surface area (Å²) < 4.78 is 32.9. The molecular formula is C13H18F2N2O4. The third-order valence-electron chi connectivity index (χ3n) is 3.96. The molecule has 0 radical (unpaired) electrons. The molecule has 5 unspecified atom stereocenters. The first-order valence-electron chi connectivity index (χ1n) is 6.67. The van der Waals surface area contributed by atoms with Gasteiger partial charge >= 0.3 is 5.92 Å². The lowest BCUT2D eigenvalue weighted by Gasteiger charge is -2.25. The summed E-state index contributed by atoms with van der Waals surface area (Å²) >= 11 is 0. The summed E-state index contributed by atoms with van der Waals surface area (Å²) in [6.07, 6.45) is -2.40. The minimum Gasteiger partial charge on any atom is -0.394 e. The Morgan fingerprint density at radius 1 is 1.52 bits per heavy atom. The van der Waals surface area contributed by atoms with Crippen LogP contribution >= 0.6 is 0 Å². The van der Waals surface area contributed by atoms with Gasteiger partial charge in [0.2, 0.25) is 5.91 Å². The number of carbonyl (C=O) groups is 1. The molecule has 2 aliphatic rings. The van der Waals surface area contributed by atoms with E-state index in [1.54, 1.807) is 13.0 Å². The van der Waals surface area contributed by atoms with Crippen LogP contribution in [0.3, 0.4) is 0 Å². The van der Waals surface area contributed by atoms with Crippen molar-refractivity contribution in [3.63, 3.8) is 0 Å². The summed E-state index contributed by atoms with van der Waals surface area (Å²) in [5.74, 6) is -5.31. The van der Waals surface area contributed by atoms with Crippen LogP contribution in [0.25, 0.3) is 0 Å². The van der Waals surface area contributed by atoms with Crippen LogP contribution in [0.5, 0.6) is 0 Å². The zero-order chi connectivity index (χ0) is 15.8. The summed E-state index contributed by atoms with van der Waals surface area (Å²) in [6, 6.07) is 0. The highest BCUT2D eigenvalue weighted by Crippen LogP contribution is 2.40. The van der Waals surface area contributed by atoms with E-state index in [2.05, 4.69) is 5.32 Å². The molecule has 2 rings (SSSR count). The Bertz CT molecular complexity index is 469. The van der Waals surface area contributed by atoms with Gasteiger partial charge in [0.25, 0.3) is 0 Å². The molecule has 0 aromatic heterocycles. The van der Waals surface area contributed by atoms with Gasteiger partial charge in [-0.2, -0.15) is 0 Å². The number of hydrogen-bond donors (Lipinski definition) is 4. The van der Waals surface area contributed by atoms with Crippen molar-refractivity contribution in [1.82, 2.24) is 5.32 Å². The van der Waals surface area contributed by atoms with Gasteiger partial charge in [0.15, 0.2) is 0 Å². The molecule has 2 aliphatic heterocycles. The molecule has 21 heavy (non-hydrogen) atoms. The molecule has 0 bridgehead atoms. The smallest absolute Gasteiger partial charge is 0.301 e. The van der Waals surface area contributed by atoms with Gasteiger partial charge in [-0.3, -0.25) is 10.2 Å². The molecule has 118 valence electrons. The molecule has 1 fully saturated rings. The van der Waals surface area contributed by atoms with Crippen molar-refractivity contribution in [3.8, 4) is 0 Å². The van der Waals surface area contributed by atoms with Gasteiger partial charge in [-0.25, -0.2) is 8.78 Å². The van der Waals surface area contributed by atoms with Crippen molar-refractivity contribution in [2.24, 2.45) is 11.8 Å². The Hall–Kier alpha value is -1.38. The summed E-state index contributed by atoms with van der Waals surface area (Å²) in [4.78, 5) is 12.0. The van der Waals surface area contributed by atoms with Crippen LogP contribution in [0.15, 0.2) is 12.2 Å². The van der Waals surface area contributed by atoms with Crippen molar-refractivity contribution in [3.05, 3.63) is 12.2 Å². The van der Waals surface area contributed by atoms with E-state index >= 15 is 0 Å². The fourth-order valence-corrected chi connectivity index (χ4v) is 2.61. The van der Waals surface area contributed by atoms with Crippen LogP contribution in [0, 0.1) is 17.2 Å². The number of alkyl halides is 2. The van der Waals surface area contributed by atoms with Gasteiger partial charge in [-0.15, -0.1) is 0 Å². The van der Waals surface area contributed by atoms with Gasteiger partial charge in [0.05, 0.1) is 6.61 Å². The SMILES string of the molecule is CC1C=CC(=N)NC(=O)C1CC1OC(CO)C(O)C1(F)F. The average molecular weight is 304 g/mol. The fourth-order valence-electron chi connectivity index (χ4n) is 2.61. The van der Waals surface area contributed by atoms with Crippen molar-refractivity contribution in [2.75, 3.05) is 6.61 Å². The highest BCUT2D eigenvalue weighted by Gasteiger charge is 2.58. The third-order valence-corrected chi connectivity index (χ3v) is 3.96. The Labute approximate surface area is 120 Å². The van der Waals surface area contributed by atoms with E-state index in [0.717, 1.165) is 0 Å². The topological polar surface area (TPSA) is 103 Å². The second kappa shape index (κ2) is 5.78. The summed E-state index contributed by atoms with van der Waals surface area (Å²) in [5, 5.41) is 28.1. The van der Waals surface area contributed by atoms with E-state index in [0.29, 0.717) is 0 Å². The highest BCUT2D eigenvalue weighted by atomic mass is 19.3. The highest BCUT2D eigenvalue weighted by molar-refractivity contribution is 6.04. The Morgan fingerprint density at radius 2 is 2.19 bits per heavy atom. The van der Waals surface area contributed by atoms with Crippen molar-refractivity contribution in [1.29, 1.82) is 5.41 Å². The van der Waals surface area contributed by atoms with Gasteiger partial charge in [-0.1, -0.05) is 13.0 Å². The molecule has 1 saturated heterocycles. The third kappa shape index (κ3) is 2.97. The number of allylic oxidation sites excluding steroid dienone is 1. The van der Waals surface area contributed by atoms with Crippen LogP contribution in [0.1, 0.15) is 13.3 Å². The van der Waals surface area contributed by atoms with E-state index in [1.807, 2.05) is 0 Å². The molecule has 0 aromatic rings. The van der Waals surface area contributed by atoms with E-state index in [1.165, 1.54) is 6.08 Å². The number of carbonyl (C=O) groups excluding carboxylic acids is 1. The lowest BCUT2D eigenvalue weighted by molar-refractivity contribution is -0.133. The second-order valence-electron chi connectivity index (χ2n) is 5.43. The van der Waals surface area contributed by atoms with Gasteiger partial charge in [0, 0.05) is 5.92 Å². The number of hydrogen-bond acceptors (Lipinski definition) is 5. The second-order valence-corrected chi connectivity index (χ2v) is 5.43. The normalized spacial score (nSPS) is 39.2. The Balaban J connectivity index is 2.15. The molecule has 2 heterocycles. The number of rotatable bonds is 3. The number of amidine groups is 1. The number of amides is 1. The number of ether oxygens (including phenoxy) is 1. The first kappa shape index (κ1) is 16.0. The number of aliphatic hydroxyl groups is 2. The molecule has 1 amide bonds. The predicted molar refractivity (Wildman–Crippen MR) is 69.0 cm³/mol. The van der Waals surface area contributed by atoms with Crippen molar-refractivity contribution >= 4 is 11.7 Å². The molecule has 0 spiro atoms. The number of aliphatic hydroxyl groups excluding tert-OH is 2. The zero-order valence-electron chi connectivity index (χ0n) is 11.4. The first-order chi connectivity index (χ1) is 9.77. The summed E-state index contributed by atoms with van der Waals surface area (Å²) in [5.41, 5.74) is 0. The van der Waals surface area contributed by atoms with E-state index in [-0.39, 0.29) is 18.2 Å². The maximum Gasteiger partial charge on any atom is 0.301 e. The van der Waals surface area contributed by atoms with Gasteiger partial charge in [-0.05, 0) is 18.4 Å². The largest absolute Gasteiger partial charge is 0.394 e. The van der Waals surface area contributed by atoms with E-state index in [9.17, 15) is 18.7 Å². The molecule has 0 saturated carbocycles. The molecular weight excluding hydrogens is 286 g/mol. The number of nitrogens with one attached hydrogen (secondary N) is 2. The molecule has 0 aromatic carbocycles. The molecule has 5 atom stereocenters. The van der Waals surface area contributed by atoms with E-state index < -0.39 is 42.7 Å². The van der Waals surface area contributed by atoms with Crippen molar-refractivity contribution in [2.45, 2.75) is 37.6 Å². The van der Waals surface area contributed by atoms with Gasteiger partial charge < -0.3 is 20.3 Å². The van der Waals surface area contributed by atoms with Crippen LogP contribution in [0.2, 0.25) is 0 Å². The molecule has 8 heteroatoms. The first-order valence-corrected chi connectivity index (χ1v) is 6.67. The van der Waals surface area contributed by atoms with Crippen LogP contribution in [0.4, 0.5) is 8.78 Å². The zero-order valence-corrected chi connectivity index (χ0v) is 11.4. The van der Waals surface area contributed by atoms with Crippen LogP contribution in [-0.4, -0.2) is 52.8 Å². The fraction of sp³-hybridized carbons (Fsp3) is 0.692. The molecule has 4 N–H and O–H groups in total. The van der Waals surface area contributed by atoms with E-state index in [4.69, 9.17) is 15.3 Å². The maximum absolute atomic E-state index is 13.9. The predicted octanol–water partition coefficient (Wildman–Crippen LogP) is 0.0480. The lowest BCUT2D eigenvalue weighted by atomic mass is 9.86. The quantitative estimate of drug-likeness (QED) is 0.591. The summed E-state index contributed by atoms with van der Waals surface area (Å²) in [7, 11) is 0. The standard InChI is InChI=1S/C13H18F2N2O4/c1-6-2-3-10(16)17-12(20)7(6)4-9-13(14,15)11(19)8(5-18)21-9/h2-3,6-9,11,18-19H,4-5H2,1H3,(H2,16,17,20).